The molecule has 3 rings (SSSR count). The number of benzene rings is 2. The summed E-state index contributed by atoms with van der Waals surface area (Å²) in [5.74, 6) is -0.0872. The van der Waals surface area contributed by atoms with E-state index in [0.29, 0.717) is 24.0 Å². The zero-order valence-electron chi connectivity index (χ0n) is 17.4. The lowest BCUT2D eigenvalue weighted by atomic mass is 10.2. The Morgan fingerprint density at radius 2 is 1.77 bits per heavy atom. The average Bonchev–Trinajstić information content (AvgIpc) is 2.82. The lowest BCUT2D eigenvalue weighted by molar-refractivity contribution is -0.146. The maximum Gasteiger partial charge on any atom is 0.326 e. The van der Waals surface area contributed by atoms with Gasteiger partial charge in [-0.3, -0.25) is 4.79 Å². The van der Waals surface area contributed by atoms with Crippen molar-refractivity contribution in [3.05, 3.63) is 60.2 Å². The maximum atomic E-state index is 13.2. The van der Waals surface area contributed by atoms with Gasteiger partial charge in [-0.2, -0.15) is 4.31 Å². The summed E-state index contributed by atoms with van der Waals surface area (Å²) in [5.41, 5.74) is 1.06. The van der Waals surface area contributed by atoms with Crippen LogP contribution >= 0.6 is 12.2 Å². The van der Waals surface area contributed by atoms with E-state index in [-0.39, 0.29) is 18.0 Å². The zero-order chi connectivity index (χ0) is 22.4. The summed E-state index contributed by atoms with van der Waals surface area (Å²) < 4.78 is 37.6. The quantitative estimate of drug-likeness (QED) is 0.511. The molecule has 1 aliphatic rings. The van der Waals surface area contributed by atoms with Crippen LogP contribution < -0.4 is 10.1 Å². The fourth-order valence-electron chi connectivity index (χ4n) is 3.33. The molecule has 2 aromatic rings. The summed E-state index contributed by atoms with van der Waals surface area (Å²) in [6.07, 6.45) is 0. The minimum absolute atomic E-state index is 0.0837. The number of thiocarbonyl (C=S) groups is 1. The number of carbonyl (C=O) groups is 1. The maximum absolute atomic E-state index is 13.2. The highest BCUT2D eigenvalue weighted by Crippen LogP contribution is 2.24. The molecular weight excluding hydrogens is 438 g/mol. The number of nitrogens with one attached hydrogen (secondary N) is 1. The largest absolute Gasteiger partial charge is 0.497 e. The van der Waals surface area contributed by atoms with E-state index in [1.807, 2.05) is 30.3 Å². The first-order valence-electron chi connectivity index (χ1n) is 9.67. The Bertz CT molecular complexity index is 1010. The molecule has 10 heteroatoms. The van der Waals surface area contributed by atoms with E-state index in [1.54, 1.807) is 17.0 Å². The smallest absolute Gasteiger partial charge is 0.326 e. The van der Waals surface area contributed by atoms with Crippen molar-refractivity contribution in [3.63, 3.8) is 0 Å². The number of carbonyl (C=O) groups excluding carboxylic acids is 1. The van der Waals surface area contributed by atoms with Crippen LogP contribution in [0.15, 0.2) is 59.5 Å². The van der Waals surface area contributed by atoms with Crippen molar-refractivity contribution < 1.29 is 22.7 Å². The van der Waals surface area contributed by atoms with E-state index >= 15 is 0 Å². The molecule has 0 spiro atoms. The minimum atomic E-state index is -3.91. The summed E-state index contributed by atoms with van der Waals surface area (Å²) in [6, 6.07) is 14.8. The Morgan fingerprint density at radius 1 is 1.10 bits per heavy atom. The van der Waals surface area contributed by atoms with E-state index < -0.39 is 22.0 Å². The third-order valence-electron chi connectivity index (χ3n) is 5.04. The molecule has 8 nitrogen and oxygen atoms in total. The van der Waals surface area contributed by atoms with E-state index in [0.717, 1.165) is 5.56 Å². The van der Waals surface area contributed by atoms with Gasteiger partial charge in [-0.15, -0.1) is 0 Å². The second-order valence-electron chi connectivity index (χ2n) is 6.92. The van der Waals surface area contributed by atoms with Crippen molar-refractivity contribution in [2.45, 2.75) is 17.5 Å². The fourth-order valence-corrected chi connectivity index (χ4v) is 5.13. The molecular formula is C21H25N3O5S2. The molecule has 1 aliphatic heterocycles. The van der Waals surface area contributed by atoms with Gasteiger partial charge in [0.05, 0.1) is 19.1 Å². The lowest BCUT2D eigenvalue weighted by Crippen LogP contribution is -2.60. The van der Waals surface area contributed by atoms with Crippen LogP contribution in [-0.2, 0) is 26.1 Å². The number of esters is 1. The van der Waals surface area contributed by atoms with Crippen molar-refractivity contribution in [2.75, 3.05) is 33.9 Å². The summed E-state index contributed by atoms with van der Waals surface area (Å²) in [7, 11) is -1.16. The van der Waals surface area contributed by atoms with Gasteiger partial charge in [-0.1, -0.05) is 30.3 Å². The van der Waals surface area contributed by atoms with E-state index in [4.69, 9.17) is 21.7 Å². The van der Waals surface area contributed by atoms with Crippen molar-refractivity contribution in [1.82, 2.24) is 14.5 Å². The third-order valence-corrected chi connectivity index (χ3v) is 7.37. The molecule has 0 amide bonds. The Morgan fingerprint density at radius 3 is 2.39 bits per heavy atom. The van der Waals surface area contributed by atoms with Gasteiger partial charge in [-0.25, -0.2) is 8.42 Å². The molecule has 1 unspecified atom stereocenters. The van der Waals surface area contributed by atoms with Crippen molar-refractivity contribution in [3.8, 4) is 5.75 Å². The van der Waals surface area contributed by atoms with Crippen molar-refractivity contribution >= 4 is 33.3 Å². The number of hydrogen-bond donors (Lipinski definition) is 1. The number of piperazine rings is 1. The van der Waals surface area contributed by atoms with Crippen LogP contribution in [0.25, 0.3) is 0 Å². The number of hydrogen-bond acceptors (Lipinski definition) is 6. The van der Waals surface area contributed by atoms with Gasteiger partial charge < -0.3 is 19.7 Å². The first kappa shape index (κ1) is 23.0. The molecule has 1 heterocycles. The van der Waals surface area contributed by atoms with Crippen LogP contribution in [-0.4, -0.2) is 68.6 Å². The highest BCUT2D eigenvalue weighted by molar-refractivity contribution is 7.89. The molecule has 1 N–H and O–H groups in total. The predicted octanol–water partition coefficient (Wildman–Crippen LogP) is 1.62. The molecule has 0 bridgehead atoms. The van der Waals surface area contributed by atoms with Gasteiger partial charge in [0.15, 0.2) is 5.11 Å². The topological polar surface area (TPSA) is 88.2 Å². The first-order chi connectivity index (χ1) is 14.9. The lowest BCUT2D eigenvalue weighted by Gasteiger charge is -2.40. The molecule has 31 heavy (non-hydrogen) atoms. The van der Waals surface area contributed by atoms with E-state index in [2.05, 4.69) is 5.32 Å². The highest BCUT2D eigenvalue weighted by atomic mass is 32.2. The number of methoxy groups -OCH3 is 2. The number of rotatable bonds is 6. The molecule has 0 radical (unpaired) electrons. The van der Waals surface area contributed by atoms with Gasteiger partial charge >= 0.3 is 5.97 Å². The monoisotopic (exact) mass is 463 g/mol. The molecule has 1 fully saturated rings. The summed E-state index contributed by atoms with van der Waals surface area (Å²) in [6.45, 7) is 1.08. The molecule has 1 atom stereocenters. The summed E-state index contributed by atoms with van der Waals surface area (Å²) in [4.78, 5) is 14.3. The standard InChI is InChI=1S/C21H25N3O5S2/c1-28-17-8-10-18(11-9-17)31(26,27)24-13-12-23(15-19(24)20(25)29-2)21(30)22-14-16-6-4-3-5-7-16/h3-11,19H,12-15H2,1-2H3,(H,22,30). The first-order valence-corrected chi connectivity index (χ1v) is 11.5. The van der Waals surface area contributed by atoms with E-state index in [1.165, 1.54) is 30.7 Å². The van der Waals surface area contributed by atoms with Crippen molar-refractivity contribution in [1.29, 1.82) is 0 Å². The van der Waals surface area contributed by atoms with E-state index in [9.17, 15) is 13.2 Å². The van der Waals surface area contributed by atoms with Gasteiger partial charge in [0.25, 0.3) is 0 Å². The predicted molar refractivity (Wildman–Crippen MR) is 120 cm³/mol. The van der Waals surface area contributed by atoms with Crippen LogP contribution in [0.5, 0.6) is 5.75 Å². The summed E-state index contributed by atoms with van der Waals surface area (Å²) >= 11 is 5.48. The fraction of sp³-hybridized carbons (Fsp3) is 0.333. The normalized spacial score (nSPS) is 17.1. The number of nitrogens with zero attached hydrogens (tertiary/aromatic N) is 2. The Labute approximate surface area is 187 Å². The molecule has 0 saturated carbocycles. The number of ether oxygens (including phenoxy) is 2. The van der Waals surface area contributed by atoms with Crippen LogP contribution in [0, 0.1) is 0 Å². The van der Waals surface area contributed by atoms with Gasteiger partial charge in [0, 0.05) is 26.2 Å². The second kappa shape index (κ2) is 10.1. The summed E-state index contributed by atoms with van der Waals surface area (Å²) in [5, 5.41) is 3.63. The molecule has 2 aromatic carbocycles. The Kier molecular flexibility index (Phi) is 7.47. The molecule has 166 valence electrons. The Balaban J connectivity index is 1.74. The van der Waals surface area contributed by atoms with Gasteiger partial charge in [0.1, 0.15) is 11.8 Å². The molecule has 0 aromatic heterocycles. The van der Waals surface area contributed by atoms with Gasteiger partial charge in [-0.05, 0) is 42.0 Å². The Hall–Kier alpha value is -2.69. The van der Waals surface area contributed by atoms with Crippen molar-refractivity contribution in [2.24, 2.45) is 0 Å². The zero-order valence-corrected chi connectivity index (χ0v) is 19.0. The average molecular weight is 464 g/mol. The van der Waals surface area contributed by atoms with Crippen LogP contribution in [0.4, 0.5) is 0 Å². The van der Waals surface area contributed by atoms with Crippen LogP contribution in [0.2, 0.25) is 0 Å². The highest BCUT2D eigenvalue weighted by Gasteiger charge is 2.41. The number of sulfonamides is 1. The SMILES string of the molecule is COC(=O)C1CN(C(=S)NCc2ccccc2)CCN1S(=O)(=O)c1ccc(OC)cc1. The molecule has 1 saturated heterocycles. The molecule has 0 aliphatic carbocycles. The van der Waals surface area contributed by atoms with Gasteiger partial charge in [0.2, 0.25) is 10.0 Å². The third kappa shape index (κ3) is 5.33. The van der Waals surface area contributed by atoms with Crippen LogP contribution in [0.1, 0.15) is 5.56 Å². The van der Waals surface area contributed by atoms with Crippen LogP contribution in [0.3, 0.4) is 0 Å². The minimum Gasteiger partial charge on any atom is -0.497 e. The second-order valence-corrected chi connectivity index (χ2v) is 9.20.